The fourth-order valence-electron chi connectivity index (χ4n) is 3.23. The van der Waals surface area contributed by atoms with E-state index in [4.69, 9.17) is 0 Å². The van der Waals surface area contributed by atoms with Crippen LogP contribution in [0, 0.1) is 0 Å². The molecule has 3 rings (SSSR count). The topological polar surface area (TPSA) is 73.7 Å². The number of anilines is 1. The molecule has 30 heavy (non-hydrogen) atoms. The van der Waals surface area contributed by atoms with Gasteiger partial charge in [-0.05, 0) is 49.2 Å². The van der Waals surface area contributed by atoms with Crippen molar-refractivity contribution in [1.29, 1.82) is 0 Å². The maximum absolute atomic E-state index is 12.6. The number of nitrogens with zero attached hydrogens (tertiary/aromatic N) is 3. The van der Waals surface area contributed by atoms with Crippen molar-refractivity contribution in [3.63, 3.8) is 0 Å². The minimum Gasteiger partial charge on any atom is -0.339 e. The van der Waals surface area contributed by atoms with E-state index in [9.17, 15) is 13.6 Å². The third kappa shape index (κ3) is 5.11. The molecule has 0 aliphatic heterocycles. The fraction of sp³-hybridized carbons (Fsp3) is 0.217. The standard InChI is InChI=1S/C23H25N3O3S/c1-3-25(4-2)23(27)20-14-15-24-21(16-20)17-26(30(28)29)22-12-10-19(11-13-22)18-8-6-5-7-9-18/h5-16H,3-4,17H2,1-2H3,(H,28,29). The first-order chi connectivity index (χ1) is 14.5. The second-order valence-corrected chi connectivity index (χ2v) is 7.60. The molecule has 0 saturated carbocycles. The number of pyridine rings is 1. The zero-order valence-electron chi connectivity index (χ0n) is 17.1. The lowest BCUT2D eigenvalue weighted by Crippen LogP contribution is -2.31. The minimum absolute atomic E-state index is 0.0764. The molecule has 1 N–H and O–H groups in total. The lowest BCUT2D eigenvalue weighted by Gasteiger charge is -2.21. The summed E-state index contributed by atoms with van der Waals surface area (Å²) in [5, 5.41) is 0. The highest BCUT2D eigenvalue weighted by atomic mass is 32.2. The van der Waals surface area contributed by atoms with E-state index in [1.165, 1.54) is 4.31 Å². The average molecular weight is 424 g/mol. The molecule has 7 heteroatoms. The molecule has 0 radical (unpaired) electrons. The van der Waals surface area contributed by atoms with Crippen molar-refractivity contribution in [2.45, 2.75) is 20.4 Å². The number of hydrogen-bond acceptors (Lipinski definition) is 3. The molecule has 2 aromatic carbocycles. The predicted molar refractivity (Wildman–Crippen MR) is 120 cm³/mol. The Balaban J connectivity index is 1.82. The van der Waals surface area contributed by atoms with Crippen molar-refractivity contribution in [2.24, 2.45) is 0 Å². The number of amides is 1. The van der Waals surface area contributed by atoms with Crippen molar-refractivity contribution in [3.8, 4) is 11.1 Å². The van der Waals surface area contributed by atoms with Gasteiger partial charge < -0.3 is 4.90 Å². The van der Waals surface area contributed by atoms with Gasteiger partial charge in [-0.1, -0.05) is 42.5 Å². The van der Waals surface area contributed by atoms with Crippen LogP contribution in [0.1, 0.15) is 29.9 Å². The van der Waals surface area contributed by atoms with Gasteiger partial charge in [0, 0.05) is 24.8 Å². The molecule has 1 unspecified atom stereocenters. The highest BCUT2D eigenvalue weighted by Gasteiger charge is 2.17. The first kappa shape index (κ1) is 21.7. The molecule has 0 spiro atoms. The molecule has 1 heterocycles. The van der Waals surface area contributed by atoms with E-state index in [2.05, 4.69) is 4.98 Å². The third-order valence-electron chi connectivity index (χ3n) is 4.87. The van der Waals surface area contributed by atoms with Gasteiger partial charge in [0.05, 0.1) is 17.9 Å². The van der Waals surface area contributed by atoms with E-state index in [-0.39, 0.29) is 12.5 Å². The van der Waals surface area contributed by atoms with Gasteiger partial charge in [0.1, 0.15) is 0 Å². The summed E-state index contributed by atoms with van der Waals surface area (Å²) in [5.74, 6) is -0.0764. The van der Waals surface area contributed by atoms with Crippen LogP contribution in [0.5, 0.6) is 0 Å². The van der Waals surface area contributed by atoms with Gasteiger partial charge in [0.15, 0.2) is 0 Å². The molecule has 0 fully saturated rings. The Morgan fingerprint density at radius 1 is 0.967 bits per heavy atom. The summed E-state index contributed by atoms with van der Waals surface area (Å²) < 4.78 is 23.2. The highest BCUT2D eigenvalue weighted by molar-refractivity contribution is 7.80. The van der Waals surface area contributed by atoms with E-state index in [0.29, 0.717) is 30.0 Å². The number of carbonyl (C=O) groups is 1. The van der Waals surface area contributed by atoms with Gasteiger partial charge in [-0.25, -0.2) is 4.21 Å². The summed E-state index contributed by atoms with van der Waals surface area (Å²) in [4.78, 5) is 18.6. The number of hydrogen-bond donors (Lipinski definition) is 1. The van der Waals surface area contributed by atoms with Crippen molar-refractivity contribution in [3.05, 3.63) is 84.2 Å². The maximum atomic E-state index is 12.6. The van der Waals surface area contributed by atoms with E-state index < -0.39 is 11.3 Å². The summed E-state index contributed by atoms with van der Waals surface area (Å²) in [6, 6.07) is 20.7. The Hall–Kier alpha value is -3.03. The molecule has 1 aromatic heterocycles. The largest absolute Gasteiger partial charge is 0.339 e. The van der Waals surface area contributed by atoms with Gasteiger partial charge >= 0.3 is 0 Å². The fourth-order valence-corrected chi connectivity index (χ4v) is 3.77. The van der Waals surface area contributed by atoms with Gasteiger partial charge in [-0.3, -0.25) is 18.6 Å². The average Bonchev–Trinajstić information content (AvgIpc) is 2.79. The van der Waals surface area contributed by atoms with Crippen LogP contribution in [0.25, 0.3) is 11.1 Å². The van der Waals surface area contributed by atoms with Crippen molar-refractivity contribution in [2.75, 3.05) is 17.4 Å². The first-order valence-electron chi connectivity index (χ1n) is 9.81. The lowest BCUT2D eigenvalue weighted by atomic mass is 10.1. The van der Waals surface area contributed by atoms with Crippen molar-refractivity contribution >= 4 is 22.9 Å². The molecule has 6 nitrogen and oxygen atoms in total. The summed E-state index contributed by atoms with van der Waals surface area (Å²) in [6.07, 6.45) is 1.56. The van der Waals surface area contributed by atoms with Crippen LogP contribution in [0.2, 0.25) is 0 Å². The normalized spacial score (nSPS) is 11.7. The molecular formula is C23H25N3O3S. The molecule has 1 atom stereocenters. The van der Waals surface area contributed by atoms with Crippen LogP contribution in [-0.4, -0.2) is 37.6 Å². The van der Waals surface area contributed by atoms with E-state index in [1.807, 2.05) is 56.3 Å². The van der Waals surface area contributed by atoms with E-state index >= 15 is 0 Å². The second-order valence-electron chi connectivity index (χ2n) is 6.69. The predicted octanol–water partition coefficient (Wildman–Crippen LogP) is 4.37. The van der Waals surface area contributed by atoms with Crippen LogP contribution in [-0.2, 0) is 17.8 Å². The van der Waals surface area contributed by atoms with Gasteiger partial charge in [0.25, 0.3) is 17.2 Å². The second kappa shape index (κ2) is 10.1. The number of aromatic nitrogens is 1. The van der Waals surface area contributed by atoms with Crippen molar-refractivity contribution < 1.29 is 13.6 Å². The van der Waals surface area contributed by atoms with E-state index in [0.717, 1.165) is 11.1 Å². The Labute approximate surface area is 179 Å². The van der Waals surface area contributed by atoms with Crippen LogP contribution in [0.15, 0.2) is 72.9 Å². The zero-order valence-corrected chi connectivity index (χ0v) is 17.9. The summed E-state index contributed by atoms with van der Waals surface area (Å²) in [7, 11) is 0. The SMILES string of the molecule is CCN(CC)C(=O)c1ccnc(CN(c2ccc(-c3ccccc3)cc2)S(=O)O)c1. The zero-order chi connectivity index (χ0) is 21.5. The molecule has 0 aliphatic carbocycles. The smallest absolute Gasteiger partial charge is 0.262 e. The van der Waals surface area contributed by atoms with Crippen LogP contribution >= 0.6 is 0 Å². The van der Waals surface area contributed by atoms with Crippen LogP contribution in [0.4, 0.5) is 5.69 Å². The Morgan fingerprint density at radius 2 is 1.60 bits per heavy atom. The quantitative estimate of drug-likeness (QED) is 0.546. The summed E-state index contributed by atoms with van der Waals surface area (Å²) in [6.45, 7) is 5.20. The van der Waals surface area contributed by atoms with Crippen LogP contribution < -0.4 is 4.31 Å². The maximum Gasteiger partial charge on any atom is 0.262 e. The third-order valence-corrected chi connectivity index (χ3v) is 5.59. The van der Waals surface area contributed by atoms with Gasteiger partial charge in [0.2, 0.25) is 0 Å². The number of benzene rings is 2. The van der Waals surface area contributed by atoms with Crippen LogP contribution in [0.3, 0.4) is 0 Å². The number of rotatable bonds is 8. The molecule has 3 aromatic rings. The molecule has 0 aliphatic rings. The monoisotopic (exact) mass is 423 g/mol. The van der Waals surface area contributed by atoms with Gasteiger partial charge in [-0.2, -0.15) is 0 Å². The summed E-state index contributed by atoms with van der Waals surface area (Å²) >= 11 is -2.24. The first-order valence-corrected chi connectivity index (χ1v) is 10.9. The number of carbonyl (C=O) groups excluding carboxylic acids is 1. The highest BCUT2D eigenvalue weighted by Crippen LogP contribution is 2.24. The Morgan fingerprint density at radius 3 is 2.20 bits per heavy atom. The molecule has 1 amide bonds. The molecular weight excluding hydrogens is 398 g/mol. The molecule has 0 bridgehead atoms. The van der Waals surface area contributed by atoms with Gasteiger partial charge in [-0.15, -0.1) is 0 Å². The minimum atomic E-state index is -2.24. The Bertz CT molecular complexity index is 1010. The van der Waals surface area contributed by atoms with Crippen molar-refractivity contribution in [1.82, 2.24) is 9.88 Å². The van der Waals surface area contributed by atoms with E-state index in [1.54, 1.807) is 35.4 Å². The molecule has 156 valence electrons. The lowest BCUT2D eigenvalue weighted by molar-refractivity contribution is 0.0772. The summed E-state index contributed by atoms with van der Waals surface area (Å²) in [5.41, 5.74) is 3.75. The molecule has 0 saturated heterocycles. The Kier molecular flexibility index (Phi) is 7.32.